The van der Waals surface area contributed by atoms with Crippen LogP contribution in [0.3, 0.4) is 0 Å². The van der Waals surface area contributed by atoms with E-state index in [4.69, 9.17) is 23.2 Å². The van der Waals surface area contributed by atoms with Crippen LogP contribution in [0.1, 0.15) is 18.4 Å². The Morgan fingerprint density at radius 1 is 1.23 bits per heavy atom. The Balaban J connectivity index is 1.34. The Bertz CT molecular complexity index is 794. The van der Waals surface area contributed by atoms with Crippen molar-refractivity contribution in [1.82, 2.24) is 19.6 Å². The first-order chi connectivity index (χ1) is 12.5. The summed E-state index contributed by atoms with van der Waals surface area (Å²) in [5, 5.41) is 5.34. The molecule has 1 saturated heterocycles. The maximum Gasteiger partial charge on any atom is 0.344 e. The molecule has 3 atom stereocenters. The minimum Gasteiger partial charge on any atom is -0.322 e. The van der Waals surface area contributed by atoms with Crippen molar-refractivity contribution in [2.75, 3.05) is 20.1 Å². The molecule has 1 aliphatic heterocycles. The zero-order valence-corrected chi connectivity index (χ0v) is 16.2. The molecule has 5 nitrogen and oxygen atoms in total. The van der Waals surface area contributed by atoms with E-state index < -0.39 is 0 Å². The first-order valence-electron chi connectivity index (χ1n) is 8.94. The van der Waals surface area contributed by atoms with Gasteiger partial charge in [0, 0.05) is 30.7 Å². The second-order valence-corrected chi connectivity index (χ2v) is 8.29. The van der Waals surface area contributed by atoms with E-state index in [1.807, 2.05) is 23.1 Å². The van der Waals surface area contributed by atoms with Crippen LogP contribution >= 0.6 is 23.2 Å². The number of hydrogen-bond donors (Lipinski definition) is 0. The molecule has 2 fully saturated rings. The molecule has 138 valence electrons. The van der Waals surface area contributed by atoms with Crippen molar-refractivity contribution in [1.29, 1.82) is 0 Å². The van der Waals surface area contributed by atoms with E-state index in [1.54, 1.807) is 6.20 Å². The number of carbonyl (C=O) groups is 1. The Hall–Kier alpha value is -1.56. The Morgan fingerprint density at radius 2 is 1.92 bits per heavy atom. The highest BCUT2D eigenvalue weighted by atomic mass is 35.5. The van der Waals surface area contributed by atoms with Gasteiger partial charge in [0.1, 0.15) is 0 Å². The fraction of sp³-hybridized carbons (Fsp3) is 0.474. The van der Waals surface area contributed by atoms with Crippen LogP contribution in [0.4, 0.5) is 4.79 Å². The fourth-order valence-corrected chi connectivity index (χ4v) is 4.69. The van der Waals surface area contributed by atoms with Crippen molar-refractivity contribution in [3.8, 4) is 0 Å². The highest BCUT2D eigenvalue weighted by molar-refractivity contribution is 6.31. The van der Waals surface area contributed by atoms with Crippen LogP contribution in [-0.4, -0.2) is 51.8 Å². The van der Waals surface area contributed by atoms with Crippen molar-refractivity contribution >= 4 is 29.2 Å². The predicted molar refractivity (Wildman–Crippen MR) is 103 cm³/mol. The molecule has 1 saturated carbocycles. The molecule has 0 radical (unpaired) electrons. The van der Waals surface area contributed by atoms with Gasteiger partial charge in [-0.2, -0.15) is 9.78 Å². The average Bonchev–Trinajstić information content (AvgIpc) is 3.30. The summed E-state index contributed by atoms with van der Waals surface area (Å²) in [4.78, 5) is 16.8. The molecule has 0 bridgehead atoms. The van der Waals surface area contributed by atoms with Crippen LogP contribution in [0.5, 0.6) is 0 Å². The van der Waals surface area contributed by atoms with E-state index >= 15 is 0 Å². The van der Waals surface area contributed by atoms with Crippen LogP contribution in [-0.2, 0) is 6.54 Å². The first kappa shape index (κ1) is 17.8. The van der Waals surface area contributed by atoms with Crippen molar-refractivity contribution in [3.63, 3.8) is 0 Å². The van der Waals surface area contributed by atoms with Crippen LogP contribution in [0, 0.1) is 11.8 Å². The van der Waals surface area contributed by atoms with Crippen molar-refractivity contribution in [2.45, 2.75) is 25.4 Å². The van der Waals surface area contributed by atoms with Gasteiger partial charge in [0.15, 0.2) is 0 Å². The third-order valence-electron chi connectivity index (χ3n) is 5.74. The number of likely N-dealkylation sites (tertiary alicyclic amines) is 1. The SMILES string of the molecule is CN(Cc1ccccc1Cl)[C@H]1C[C@@H]2CN(C(=O)n3cc(Cl)cn3)C[C@@H]2C1. The lowest BCUT2D eigenvalue weighted by Gasteiger charge is -2.26. The second kappa shape index (κ2) is 7.22. The van der Waals surface area contributed by atoms with Gasteiger partial charge in [-0.15, -0.1) is 0 Å². The zero-order valence-electron chi connectivity index (χ0n) is 14.7. The molecule has 4 rings (SSSR count). The van der Waals surface area contributed by atoms with Crippen LogP contribution < -0.4 is 0 Å². The van der Waals surface area contributed by atoms with Crippen molar-refractivity contribution < 1.29 is 4.79 Å². The third kappa shape index (κ3) is 3.48. The first-order valence-corrected chi connectivity index (χ1v) is 9.70. The smallest absolute Gasteiger partial charge is 0.322 e. The van der Waals surface area contributed by atoms with E-state index in [-0.39, 0.29) is 6.03 Å². The fourth-order valence-electron chi connectivity index (χ4n) is 4.36. The van der Waals surface area contributed by atoms with Crippen molar-refractivity contribution in [3.05, 3.63) is 52.3 Å². The number of amides is 1. The van der Waals surface area contributed by atoms with E-state index in [2.05, 4.69) is 23.1 Å². The number of fused-ring (bicyclic) bond motifs is 1. The van der Waals surface area contributed by atoms with Gasteiger partial charge < -0.3 is 4.90 Å². The maximum atomic E-state index is 12.5. The molecule has 0 spiro atoms. The molecule has 26 heavy (non-hydrogen) atoms. The quantitative estimate of drug-likeness (QED) is 0.792. The number of nitrogens with zero attached hydrogens (tertiary/aromatic N) is 4. The van der Waals surface area contributed by atoms with Gasteiger partial charge in [-0.25, -0.2) is 4.79 Å². The summed E-state index contributed by atoms with van der Waals surface area (Å²) in [6.07, 6.45) is 5.30. The molecule has 1 aromatic carbocycles. The normalized spacial score (nSPS) is 25.1. The molecule has 0 unspecified atom stereocenters. The molecule has 1 aliphatic carbocycles. The van der Waals surface area contributed by atoms with E-state index in [0.717, 1.165) is 37.5 Å². The molecule has 2 aromatic rings. The summed E-state index contributed by atoms with van der Waals surface area (Å²) in [5.74, 6) is 1.12. The third-order valence-corrected chi connectivity index (χ3v) is 6.31. The maximum absolute atomic E-state index is 12.5. The summed E-state index contributed by atoms with van der Waals surface area (Å²) in [7, 11) is 2.17. The highest BCUT2D eigenvalue weighted by Gasteiger charge is 2.43. The number of hydrogen-bond acceptors (Lipinski definition) is 3. The van der Waals surface area contributed by atoms with Gasteiger partial charge in [-0.05, 0) is 43.4 Å². The zero-order chi connectivity index (χ0) is 18.3. The van der Waals surface area contributed by atoms with E-state index in [0.29, 0.717) is 22.9 Å². The lowest BCUT2D eigenvalue weighted by molar-refractivity contribution is 0.192. The second-order valence-electron chi connectivity index (χ2n) is 7.44. The molecular weight excluding hydrogens is 371 g/mol. The van der Waals surface area contributed by atoms with Gasteiger partial charge >= 0.3 is 6.03 Å². The van der Waals surface area contributed by atoms with Crippen molar-refractivity contribution in [2.24, 2.45) is 11.8 Å². The summed E-state index contributed by atoms with van der Waals surface area (Å²) in [5.41, 5.74) is 1.17. The summed E-state index contributed by atoms with van der Waals surface area (Å²) < 4.78 is 1.34. The largest absolute Gasteiger partial charge is 0.344 e. The standard InChI is InChI=1S/C19H22Cl2N4O/c1-23(9-13-4-2-3-5-18(13)21)17-6-14-10-24(11-15(14)7-17)19(26)25-12-16(20)8-22-25/h2-5,8,12,14-15,17H,6-7,9-11H2,1H3/t14-,15+,17+. The number of aromatic nitrogens is 2. The summed E-state index contributed by atoms with van der Waals surface area (Å²) in [6.45, 7) is 2.47. The molecule has 7 heteroatoms. The van der Waals surface area contributed by atoms with Gasteiger partial charge in [-0.1, -0.05) is 41.4 Å². The Kier molecular flexibility index (Phi) is 4.95. The molecule has 2 aliphatic rings. The summed E-state index contributed by atoms with van der Waals surface area (Å²) >= 11 is 12.2. The Labute approximate surface area is 163 Å². The molecule has 2 heterocycles. The van der Waals surface area contributed by atoms with Gasteiger partial charge in [0.2, 0.25) is 0 Å². The van der Waals surface area contributed by atoms with E-state index in [9.17, 15) is 4.79 Å². The molecular formula is C19H22Cl2N4O. The van der Waals surface area contributed by atoms with Gasteiger partial charge in [-0.3, -0.25) is 4.90 Å². The number of benzene rings is 1. The van der Waals surface area contributed by atoms with Gasteiger partial charge in [0.05, 0.1) is 17.4 Å². The molecule has 1 aromatic heterocycles. The van der Waals surface area contributed by atoms with Crippen LogP contribution in [0.15, 0.2) is 36.7 Å². The number of rotatable bonds is 3. The van der Waals surface area contributed by atoms with E-state index in [1.165, 1.54) is 16.4 Å². The lowest BCUT2D eigenvalue weighted by atomic mass is 10.0. The minimum atomic E-state index is -0.0766. The average molecular weight is 393 g/mol. The minimum absolute atomic E-state index is 0.0766. The van der Waals surface area contributed by atoms with Crippen LogP contribution in [0.25, 0.3) is 0 Å². The van der Waals surface area contributed by atoms with Gasteiger partial charge in [0.25, 0.3) is 0 Å². The number of halogens is 2. The van der Waals surface area contributed by atoms with Crippen LogP contribution in [0.2, 0.25) is 10.0 Å². The molecule has 0 N–H and O–H groups in total. The molecule has 1 amide bonds. The topological polar surface area (TPSA) is 41.4 Å². The number of carbonyl (C=O) groups excluding carboxylic acids is 1. The highest BCUT2D eigenvalue weighted by Crippen LogP contribution is 2.40. The Morgan fingerprint density at radius 3 is 2.54 bits per heavy atom. The predicted octanol–water partition coefficient (Wildman–Crippen LogP) is 4.00. The monoisotopic (exact) mass is 392 g/mol. The lowest BCUT2D eigenvalue weighted by Crippen LogP contribution is -2.36. The summed E-state index contributed by atoms with van der Waals surface area (Å²) in [6, 6.07) is 8.49.